The van der Waals surface area contributed by atoms with Crippen molar-refractivity contribution in [3.8, 4) is 12.3 Å². The molecule has 0 aliphatic carbocycles. The summed E-state index contributed by atoms with van der Waals surface area (Å²) in [6, 6.07) is 30.2. The zero-order chi connectivity index (χ0) is 23.8. The van der Waals surface area contributed by atoms with Crippen LogP contribution in [0.5, 0.6) is 0 Å². The molecule has 4 aromatic rings. The number of carbonyl (C=O) groups is 1. The molecule has 34 heavy (non-hydrogen) atoms. The lowest BCUT2D eigenvalue weighted by Crippen LogP contribution is -2.38. The standard InChI is InChI=1S/C27H21N3O3S/c1-2-18-33-30-24(25(31)32)23-19-34-26(28-23)29-27(20-12-6-3-7-13-20,21-14-8-4-9-15-21)22-16-10-5-11-17-22/h1,3-17,19H,18H2,(H,28,29)(H,31,32)/b30-24+. The quantitative estimate of drug-likeness (QED) is 0.119. The van der Waals surface area contributed by atoms with Gasteiger partial charge in [-0.3, -0.25) is 0 Å². The third kappa shape index (κ3) is 4.68. The SMILES string of the molecule is C#CCO/N=C(/C(=O)O)c1csc(NC(c2ccccc2)(c2ccccc2)c2ccccc2)n1. The summed E-state index contributed by atoms with van der Waals surface area (Å²) >= 11 is 1.28. The van der Waals surface area contributed by atoms with Crippen LogP contribution in [0.1, 0.15) is 22.4 Å². The maximum atomic E-state index is 11.7. The molecule has 1 aromatic heterocycles. The molecule has 0 saturated heterocycles. The minimum Gasteiger partial charge on any atom is -0.476 e. The van der Waals surface area contributed by atoms with Gasteiger partial charge in [0.25, 0.3) is 0 Å². The average Bonchev–Trinajstić information content (AvgIpc) is 3.34. The van der Waals surface area contributed by atoms with Crippen LogP contribution in [0.3, 0.4) is 0 Å². The molecule has 0 aliphatic heterocycles. The Balaban J connectivity index is 1.85. The van der Waals surface area contributed by atoms with Gasteiger partial charge in [0.1, 0.15) is 11.2 Å². The van der Waals surface area contributed by atoms with E-state index in [2.05, 4.69) is 57.8 Å². The fourth-order valence-electron chi connectivity index (χ4n) is 3.71. The zero-order valence-corrected chi connectivity index (χ0v) is 18.9. The van der Waals surface area contributed by atoms with Crippen molar-refractivity contribution in [2.24, 2.45) is 5.16 Å². The molecule has 0 bridgehead atoms. The van der Waals surface area contributed by atoms with Crippen LogP contribution in [-0.4, -0.2) is 28.4 Å². The van der Waals surface area contributed by atoms with Gasteiger partial charge in [-0.2, -0.15) is 0 Å². The van der Waals surface area contributed by atoms with E-state index in [-0.39, 0.29) is 18.0 Å². The number of anilines is 1. The number of aliphatic carboxylic acids is 1. The van der Waals surface area contributed by atoms with E-state index in [1.54, 1.807) is 5.38 Å². The molecule has 0 atom stereocenters. The molecule has 0 spiro atoms. The Bertz CT molecular complexity index is 1220. The van der Waals surface area contributed by atoms with Crippen LogP contribution < -0.4 is 5.32 Å². The third-order valence-electron chi connectivity index (χ3n) is 5.17. The number of nitrogens with zero attached hydrogens (tertiary/aromatic N) is 2. The van der Waals surface area contributed by atoms with E-state index in [0.717, 1.165) is 16.7 Å². The number of carboxylic acids is 1. The Hall–Kier alpha value is -4.41. The summed E-state index contributed by atoms with van der Waals surface area (Å²) in [5, 5.41) is 19.0. The molecule has 0 saturated carbocycles. The van der Waals surface area contributed by atoms with Gasteiger partial charge in [0, 0.05) is 5.38 Å². The minimum absolute atomic E-state index is 0.134. The fourth-order valence-corrected chi connectivity index (χ4v) is 4.46. The van der Waals surface area contributed by atoms with Crippen molar-refractivity contribution in [3.63, 3.8) is 0 Å². The lowest BCUT2D eigenvalue weighted by Gasteiger charge is -2.36. The summed E-state index contributed by atoms with van der Waals surface area (Å²) in [6.07, 6.45) is 5.15. The summed E-state index contributed by atoms with van der Waals surface area (Å²) < 4.78 is 0. The predicted molar refractivity (Wildman–Crippen MR) is 134 cm³/mol. The Morgan fingerprint density at radius 2 is 1.47 bits per heavy atom. The van der Waals surface area contributed by atoms with E-state index >= 15 is 0 Å². The van der Waals surface area contributed by atoms with E-state index in [0.29, 0.717) is 5.13 Å². The van der Waals surface area contributed by atoms with E-state index in [1.165, 1.54) is 11.3 Å². The minimum atomic E-state index is -1.26. The number of rotatable bonds is 9. The topological polar surface area (TPSA) is 83.8 Å². The molecule has 1 heterocycles. The monoisotopic (exact) mass is 467 g/mol. The number of nitrogens with one attached hydrogen (secondary N) is 1. The maximum Gasteiger partial charge on any atom is 0.360 e. The van der Waals surface area contributed by atoms with Crippen molar-refractivity contribution >= 4 is 28.1 Å². The lowest BCUT2D eigenvalue weighted by molar-refractivity contribution is -0.129. The molecule has 7 heteroatoms. The highest BCUT2D eigenvalue weighted by Crippen LogP contribution is 2.40. The first-order valence-electron chi connectivity index (χ1n) is 10.4. The van der Waals surface area contributed by atoms with Gasteiger partial charge >= 0.3 is 5.97 Å². The number of terminal acetylenes is 1. The Morgan fingerprint density at radius 1 is 0.971 bits per heavy atom. The number of aromatic nitrogens is 1. The summed E-state index contributed by atoms with van der Waals surface area (Å²) in [6.45, 7) is -0.134. The molecule has 0 radical (unpaired) electrons. The predicted octanol–water partition coefficient (Wildman–Crippen LogP) is 4.99. The van der Waals surface area contributed by atoms with Crippen LogP contribution in [0.4, 0.5) is 5.13 Å². The number of benzene rings is 3. The van der Waals surface area contributed by atoms with E-state index in [1.807, 2.05) is 54.6 Å². The van der Waals surface area contributed by atoms with Gasteiger partial charge in [0.2, 0.25) is 5.71 Å². The van der Waals surface area contributed by atoms with Gasteiger partial charge in [-0.15, -0.1) is 17.8 Å². The molecule has 0 unspecified atom stereocenters. The second-order valence-corrected chi connectivity index (χ2v) is 8.09. The van der Waals surface area contributed by atoms with Crippen LogP contribution in [0, 0.1) is 12.3 Å². The summed E-state index contributed by atoms with van der Waals surface area (Å²) in [5.74, 6) is 0.997. The number of carboxylic acid groups (broad SMARTS) is 1. The first-order chi connectivity index (χ1) is 16.6. The van der Waals surface area contributed by atoms with Crippen LogP contribution >= 0.6 is 11.3 Å². The highest BCUT2D eigenvalue weighted by atomic mass is 32.1. The van der Waals surface area contributed by atoms with Crippen molar-refractivity contribution in [1.29, 1.82) is 0 Å². The zero-order valence-electron chi connectivity index (χ0n) is 18.1. The lowest BCUT2D eigenvalue weighted by atomic mass is 9.77. The van der Waals surface area contributed by atoms with E-state index < -0.39 is 11.5 Å². The molecule has 2 N–H and O–H groups in total. The smallest absolute Gasteiger partial charge is 0.360 e. The second kappa shape index (κ2) is 10.5. The number of oxime groups is 1. The van der Waals surface area contributed by atoms with Crippen molar-refractivity contribution in [2.45, 2.75) is 5.54 Å². The molecular weight excluding hydrogens is 446 g/mol. The highest BCUT2D eigenvalue weighted by Gasteiger charge is 2.37. The molecule has 4 rings (SSSR count). The van der Waals surface area contributed by atoms with Gasteiger partial charge in [-0.25, -0.2) is 9.78 Å². The van der Waals surface area contributed by atoms with Crippen LogP contribution in [0.15, 0.2) is 102 Å². The molecule has 0 aliphatic rings. The molecule has 0 fully saturated rings. The summed E-state index contributed by atoms with van der Waals surface area (Å²) in [4.78, 5) is 21.2. The van der Waals surface area contributed by atoms with Crippen molar-refractivity contribution in [2.75, 3.05) is 11.9 Å². The van der Waals surface area contributed by atoms with Crippen LogP contribution in [-0.2, 0) is 15.2 Å². The first-order valence-corrected chi connectivity index (χ1v) is 11.3. The summed E-state index contributed by atoms with van der Waals surface area (Å²) in [5.41, 5.74) is 2.11. The number of hydrogen-bond acceptors (Lipinski definition) is 6. The fraction of sp³-hybridized carbons (Fsp3) is 0.0741. The molecular formula is C27H21N3O3S. The first kappa shape index (κ1) is 22.8. The molecule has 0 amide bonds. The van der Waals surface area contributed by atoms with Gasteiger partial charge in [-0.1, -0.05) is 102 Å². The highest BCUT2D eigenvalue weighted by molar-refractivity contribution is 7.14. The van der Waals surface area contributed by atoms with Gasteiger partial charge < -0.3 is 15.3 Å². The maximum absolute atomic E-state index is 11.7. The van der Waals surface area contributed by atoms with Gasteiger partial charge in [0.05, 0.1) is 0 Å². The van der Waals surface area contributed by atoms with E-state index in [4.69, 9.17) is 11.3 Å². The van der Waals surface area contributed by atoms with Crippen molar-refractivity contribution in [1.82, 2.24) is 4.98 Å². The molecule has 3 aromatic carbocycles. The third-order valence-corrected chi connectivity index (χ3v) is 5.93. The molecule has 6 nitrogen and oxygen atoms in total. The normalized spacial score (nSPS) is 11.4. The van der Waals surface area contributed by atoms with Crippen LogP contribution in [0.2, 0.25) is 0 Å². The largest absolute Gasteiger partial charge is 0.476 e. The van der Waals surface area contributed by atoms with Crippen molar-refractivity contribution in [3.05, 3.63) is 119 Å². The Morgan fingerprint density at radius 3 is 1.91 bits per heavy atom. The Labute approximate surface area is 201 Å². The van der Waals surface area contributed by atoms with Gasteiger partial charge in [0.15, 0.2) is 11.7 Å². The summed E-state index contributed by atoms with van der Waals surface area (Å²) in [7, 11) is 0. The second-order valence-electron chi connectivity index (χ2n) is 7.23. The van der Waals surface area contributed by atoms with Crippen molar-refractivity contribution < 1.29 is 14.7 Å². The molecule has 168 valence electrons. The van der Waals surface area contributed by atoms with Gasteiger partial charge in [-0.05, 0) is 16.7 Å². The van der Waals surface area contributed by atoms with E-state index in [9.17, 15) is 9.90 Å². The average molecular weight is 468 g/mol. The number of thiazole rings is 1. The number of hydrogen-bond donors (Lipinski definition) is 2. The van der Waals surface area contributed by atoms with Crippen LogP contribution in [0.25, 0.3) is 0 Å². The Kier molecular flexibility index (Phi) is 7.01.